The number of hydrogen-bond donors (Lipinski definition) is 3. The number of rotatable bonds is 7. The van der Waals surface area contributed by atoms with Crippen LogP contribution in [-0.2, 0) is 6.54 Å². The Kier molecular flexibility index (Phi) is 4.84. The van der Waals surface area contributed by atoms with E-state index in [1.165, 1.54) is 6.07 Å². The van der Waals surface area contributed by atoms with Crippen LogP contribution in [0, 0.1) is 5.82 Å². The average molecular weight is 267 g/mol. The summed E-state index contributed by atoms with van der Waals surface area (Å²) in [5.74, 6) is 0.315. The van der Waals surface area contributed by atoms with Gasteiger partial charge in [0, 0.05) is 19.7 Å². The van der Waals surface area contributed by atoms with E-state index >= 15 is 0 Å². The third-order valence-corrected chi connectivity index (χ3v) is 2.93. The molecule has 0 radical (unpaired) electrons. The SMILES string of the molecule is OCCCN(CCO)Cc1nc2c(F)cccc2[nH]1. The second-order valence-corrected chi connectivity index (χ2v) is 4.40. The van der Waals surface area contributed by atoms with E-state index in [9.17, 15) is 4.39 Å². The molecule has 2 aromatic rings. The predicted molar refractivity (Wildman–Crippen MR) is 70.1 cm³/mol. The van der Waals surface area contributed by atoms with Gasteiger partial charge in [-0.05, 0) is 18.6 Å². The Bertz CT molecular complexity index is 530. The molecule has 0 unspecified atom stereocenters. The van der Waals surface area contributed by atoms with E-state index in [0.29, 0.717) is 42.9 Å². The summed E-state index contributed by atoms with van der Waals surface area (Å²) in [5.41, 5.74) is 1.00. The number of fused-ring (bicyclic) bond motifs is 1. The average Bonchev–Trinajstić information content (AvgIpc) is 2.80. The molecule has 0 fully saturated rings. The highest BCUT2D eigenvalue weighted by atomic mass is 19.1. The van der Waals surface area contributed by atoms with Gasteiger partial charge in [0.05, 0.1) is 18.7 Å². The lowest BCUT2D eigenvalue weighted by molar-refractivity contribution is 0.172. The normalized spacial score (nSPS) is 11.6. The first kappa shape index (κ1) is 13.9. The van der Waals surface area contributed by atoms with Crippen LogP contribution in [0.15, 0.2) is 18.2 Å². The lowest BCUT2D eigenvalue weighted by Gasteiger charge is -2.19. The number of aliphatic hydroxyl groups is 2. The summed E-state index contributed by atoms with van der Waals surface area (Å²) in [6.45, 7) is 1.81. The number of nitrogens with zero attached hydrogens (tertiary/aromatic N) is 2. The van der Waals surface area contributed by atoms with Crippen molar-refractivity contribution in [3.05, 3.63) is 29.8 Å². The van der Waals surface area contributed by atoms with Gasteiger partial charge in [-0.15, -0.1) is 0 Å². The smallest absolute Gasteiger partial charge is 0.151 e. The minimum atomic E-state index is -0.343. The van der Waals surface area contributed by atoms with Crippen LogP contribution < -0.4 is 0 Å². The molecule has 1 heterocycles. The number of nitrogens with one attached hydrogen (secondary N) is 1. The van der Waals surface area contributed by atoms with E-state index in [0.717, 1.165) is 0 Å². The molecule has 0 atom stereocenters. The van der Waals surface area contributed by atoms with Gasteiger partial charge in [-0.2, -0.15) is 0 Å². The van der Waals surface area contributed by atoms with Crippen molar-refractivity contribution in [3.63, 3.8) is 0 Å². The minimum absolute atomic E-state index is 0.0417. The molecule has 0 amide bonds. The van der Waals surface area contributed by atoms with Crippen LogP contribution in [0.5, 0.6) is 0 Å². The number of benzene rings is 1. The molecule has 19 heavy (non-hydrogen) atoms. The molecule has 3 N–H and O–H groups in total. The lowest BCUT2D eigenvalue weighted by Crippen LogP contribution is -2.28. The molecule has 0 aliphatic rings. The Labute approximate surface area is 110 Å². The van der Waals surface area contributed by atoms with Gasteiger partial charge in [0.2, 0.25) is 0 Å². The fourth-order valence-electron chi connectivity index (χ4n) is 2.04. The first-order chi connectivity index (χ1) is 9.24. The summed E-state index contributed by atoms with van der Waals surface area (Å²) in [6.07, 6.45) is 0.634. The molecule has 0 saturated heterocycles. The second-order valence-electron chi connectivity index (χ2n) is 4.40. The number of halogens is 1. The van der Waals surface area contributed by atoms with Crippen LogP contribution >= 0.6 is 0 Å². The molecular formula is C13H18FN3O2. The fourth-order valence-corrected chi connectivity index (χ4v) is 2.04. The van der Waals surface area contributed by atoms with Crippen LogP contribution in [-0.4, -0.2) is 51.4 Å². The number of aliphatic hydroxyl groups excluding tert-OH is 2. The highest BCUT2D eigenvalue weighted by Gasteiger charge is 2.10. The van der Waals surface area contributed by atoms with Crippen molar-refractivity contribution in [2.75, 3.05) is 26.3 Å². The van der Waals surface area contributed by atoms with Crippen molar-refractivity contribution in [1.29, 1.82) is 0 Å². The molecular weight excluding hydrogens is 249 g/mol. The summed E-state index contributed by atoms with van der Waals surface area (Å²) < 4.78 is 13.5. The molecule has 0 bridgehead atoms. The van der Waals surface area contributed by atoms with Gasteiger partial charge in [0.15, 0.2) is 5.82 Å². The maximum absolute atomic E-state index is 13.5. The summed E-state index contributed by atoms with van der Waals surface area (Å²) in [5, 5.41) is 17.8. The largest absolute Gasteiger partial charge is 0.396 e. The highest BCUT2D eigenvalue weighted by molar-refractivity contribution is 5.75. The maximum Gasteiger partial charge on any atom is 0.151 e. The van der Waals surface area contributed by atoms with Crippen LogP contribution in [0.3, 0.4) is 0 Å². The van der Waals surface area contributed by atoms with Crippen LogP contribution in [0.1, 0.15) is 12.2 Å². The number of para-hydroxylation sites is 1. The fraction of sp³-hybridized carbons (Fsp3) is 0.462. The van der Waals surface area contributed by atoms with Gasteiger partial charge < -0.3 is 15.2 Å². The molecule has 6 heteroatoms. The van der Waals surface area contributed by atoms with Gasteiger partial charge >= 0.3 is 0 Å². The minimum Gasteiger partial charge on any atom is -0.396 e. The predicted octanol–water partition coefficient (Wildman–Crippen LogP) is 0.879. The van der Waals surface area contributed by atoms with Gasteiger partial charge in [-0.25, -0.2) is 9.37 Å². The molecule has 1 aromatic carbocycles. The van der Waals surface area contributed by atoms with Crippen molar-refractivity contribution in [3.8, 4) is 0 Å². The van der Waals surface area contributed by atoms with E-state index in [1.54, 1.807) is 12.1 Å². The monoisotopic (exact) mass is 267 g/mol. The number of aromatic amines is 1. The molecule has 0 spiro atoms. The summed E-state index contributed by atoms with van der Waals surface area (Å²) in [4.78, 5) is 9.25. The van der Waals surface area contributed by atoms with Crippen LogP contribution in [0.25, 0.3) is 11.0 Å². The van der Waals surface area contributed by atoms with Gasteiger partial charge in [-0.1, -0.05) is 6.07 Å². The topological polar surface area (TPSA) is 72.4 Å². The third kappa shape index (κ3) is 3.50. The quantitative estimate of drug-likeness (QED) is 0.696. The molecule has 0 saturated carbocycles. The molecule has 0 aliphatic carbocycles. The van der Waals surface area contributed by atoms with E-state index in [2.05, 4.69) is 9.97 Å². The van der Waals surface area contributed by atoms with Crippen molar-refractivity contribution in [2.24, 2.45) is 0 Å². The Morgan fingerprint density at radius 3 is 2.74 bits per heavy atom. The number of imidazole rings is 1. The van der Waals surface area contributed by atoms with E-state index in [1.807, 2.05) is 4.90 Å². The van der Waals surface area contributed by atoms with Gasteiger partial charge in [-0.3, -0.25) is 4.90 Å². The van der Waals surface area contributed by atoms with E-state index in [-0.39, 0.29) is 19.0 Å². The first-order valence-corrected chi connectivity index (χ1v) is 6.31. The molecule has 104 valence electrons. The first-order valence-electron chi connectivity index (χ1n) is 6.31. The second kappa shape index (κ2) is 6.60. The Morgan fingerprint density at radius 1 is 1.21 bits per heavy atom. The Morgan fingerprint density at radius 2 is 2.05 bits per heavy atom. The number of hydrogen-bond acceptors (Lipinski definition) is 4. The zero-order valence-corrected chi connectivity index (χ0v) is 10.6. The summed E-state index contributed by atoms with van der Waals surface area (Å²) >= 11 is 0. The van der Waals surface area contributed by atoms with Crippen molar-refractivity contribution < 1.29 is 14.6 Å². The molecule has 1 aromatic heterocycles. The van der Waals surface area contributed by atoms with Crippen LogP contribution in [0.2, 0.25) is 0 Å². The van der Waals surface area contributed by atoms with Crippen molar-refractivity contribution >= 4 is 11.0 Å². The molecule has 2 rings (SSSR count). The standard InChI is InChI=1S/C13H18FN3O2/c14-10-3-1-4-11-13(10)16-12(15-11)9-17(6-8-19)5-2-7-18/h1,3-4,18-19H,2,5-9H2,(H,15,16). The third-order valence-electron chi connectivity index (χ3n) is 2.93. The molecule has 5 nitrogen and oxygen atoms in total. The number of H-pyrrole nitrogens is 1. The van der Waals surface area contributed by atoms with E-state index < -0.39 is 0 Å². The number of aromatic nitrogens is 2. The Hall–Kier alpha value is -1.50. The van der Waals surface area contributed by atoms with Crippen LogP contribution in [0.4, 0.5) is 4.39 Å². The van der Waals surface area contributed by atoms with Crippen molar-refractivity contribution in [1.82, 2.24) is 14.9 Å². The zero-order chi connectivity index (χ0) is 13.7. The van der Waals surface area contributed by atoms with E-state index in [4.69, 9.17) is 10.2 Å². The zero-order valence-electron chi connectivity index (χ0n) is 10.6. The van der Waals surface area contributed by atoms with Gasteiger partial charge in [0.1, 0.15) is 11.3 Å². The summed E-state index contributed by atoms with van der Waals surface area (Å²) in [6, 6.07) is 4.79. The highest BCUT2D eigenvalue weighted by Crippen LogP contribution is 2.15. The summed E-state index contributed by atoms with van der Waals surface area (Å²) in [7, 11) is 0. The lowest BCUT2D eigenvalue weighted by atomic mass is 10.3. The Balaban J connectivity index is 2.12. The van der Waals surface area contributed by atoms with Gasteiger partial charge in [0.25, 0.3) is 0 Å². The van der Waals surface area contributed by atoms with Crippen molar-refractivity contribution in [2.45, 2.75) is 13.0 Å². The molecule has 0 aliphatic heterocycles. The maximum atomic E-state index is 13.5.